The molecule has 2 heterocycles. The number of nitrogens with zero attached hydrogens (tertiary/aromatic N) is 5. The molecule has 1 unspecified atom stereocenters. The van der Waals surface area contributed by atoms with Gasteiger partial charge in [0.15, 0.2) is 0 Å². The molecule has 0 spiro atoms. The van der Waals surface area contributed by atoms with Gasteiger partial charge in [0, 0.05) is 11.2 Å². The van der Waals surface area contributed by atoms with Crippen molar-refractivity contribution in [1.29, 1.82) is 0 Å². The summed E-state index contributed by atoms with van der Waals surface area (Å²) in [5, 5.41) is 12.0. The zero-order chi connectivity index (χ0) is 17.1. The maximum atomic E-state index is 12.2. The van der Waals surface area contributed by atoms with Crippen LogP contribution >= 0.6 is 23.2 Å². The normalized spacial score (nSPS) is 12.1. The summed E-state index contributed by atoms with van der Waals surface area (Å²) < 4.78 is 3.09. The minimum atomic E-state index is -0.530. The van der Waals surface area contributed by atoms with Crippen molar-refractivity contribution in [2.24, 2.45) is 0 Å². The smallest absolute Gasteiger partial charge is 0.251 e. The number of hydrogen-bond acceptors (Lipinski definition) is 4. The molecule has 3 aromatic rings. The highest BCUT2D eigenvalue weighted by Crippen LogP contribution is 2.14. The number of anilines is 1. The molecule has 2 aromatic heterocycles. The average Bonchev–Trinajstić information content (AvgIpc) is 3.16. The van der Waals surface area contributed by atoms with E-state index in [-0.39, 0.29) is 11.9 Å². The highest BCUT2D eigenvalue weighted by Gasteiger charge is 2.17. The van der Waals surface area contributed by atoms with E-state index in [2.05, 4.69) is 20.5 Å². The first-order valence-electron chi connectivity index (χ1n) is 7.15. The van der Waals surface area contributed by atoms with Gasteiger partial charge in [-0.3, -0.25) is 14.8 Å². The van der Waals surface area contributed by atoms with Gasteiger partial charge in [-0.15, -0.1) is 5.10 Å². The second-order valence-electron chi connectivity index (χ2n) is 5.20. The SMILES string of the molecule is CC(C(=O)Nc1ncn(Cc2cccc(Cl)c2)n1)n1cc(Cl)cn1. The van der Waals surface area contributed by atoms with Gasteiger partial charge in [-0.05, 0) is 24.6 Å². The summed E-state index contributed by atoms with van der Waals surface area (Å²) >= 11 is 11.8. The van der Waals surface area contributed by atoms with Crippen LogP contribution in [0, 0.1) is 0 Å². The summed E-state index contributed by atoms with van der Waals surface area (Å²) in [6, 6.07) is 6.94. The lowest BCUT2D eigenvalue weighted by molar-refractivity contribution is -0.119. The summed E-state index contributed by atoms with van der Waals surface area (Å²) in [5.74, 6) is -0.0533. The van der Waals surface area contributed by atoms with Gasteiger partial charge in [0.25, 0.3) is 5.91 Å². The Morgan fingerprint density at radius 2 is 2.17 bits per heavy atom. The van der Waals surface area contributed by atoms with Crippen LogP contribution in [0.5, 0.6) is 0 Å². The Labute approximate surface area is 148 Å². The quantitative estimate of drug-likeness (QED) is 0.754. The third-order valence-corrected chi connectivity index (χ3v) is 3.78. The number of nitrogens with one attached hydrogen (secondary N) is 1. The standard InChI is InChI=1S/C15H14Cl2N6O/c1-10(23-8-13(17)6-19-23)14(24)20-15-18-9-22(21-15)7-11-3-2-4-12(16)5-11/h2-6,8-10H,7H2,1H3,(H,20,21,24). The van der Waals surface area contributed by atoms with E-state index < -0.39 is 6.04 Å². The number of carbonyl (C=O) groups excluding carboxylic acids is 1. The molecule has 1 atom stereocenters. The lowest BCUT2D eigenvalue weighted by Crippen LogP contribution is -2.24. The van der Waals surface area contributed by atoms with Crippen LogP contribution in [-0.2, 0) is 11.3 Å². The summed E-state index contributed by atoms with van der Waals surface area (Å²) in [5.41, 5.74) is 0.991. The molecule has 0 bridgehead atoms. The molecule has 0 aliphatic heterocycles. The maximum Gasteiger partial charge on any atom is 0.251 e. The van der Waals surface area contributed by atoms with Gasteiger partial charge in [-0.2, -0.15) is 5.10 Å². The van der Waals surface area contributed by atoms with Crippen molar-refractivity contribution >= 4 is 35.1 Å². The molecule has 9 heteroatoms. The number of rotatable bonds is 5. The summed E-state index contributed by atoms with van der Waals surface area (Å²) in [6.45, 7) is 2.22. The molecule has 0 saturated carbocycles. The van der Waals surface area contributed by atoms with E-state index in [1.54, 1.807) is 30.2 Å². The van der Waals surface area contributed by atoms with Gasteiger partial charge in [-0.25, -0.2) is 9.67 Å². The molecule has 7 nitrogen and oxygen atoms in total. The van der Waals surface area contributed by atoms with E-state index in [1.165, 1.54) is 10.9 Å². The number of aromatic nitrogens is 5. The summed E-state index contributed by atoms with van der Waals surface area (Å²) in [4.78, 5) is 16.3. The van der Waals surface area contributed by atoms with E-state index in [0.717, 1.165) is 5.56 Å². The number of benzene rings is 1. The van der Waals surface area contributed by atoms with Crippen molar-refractivity contribution in [3.63, 3.8) is 0 Å². The molecule has 1 amide bonds. The van der Waals surface area contributed by atoms with Crippen molar-refractivity contribution in [3.05, 3.63) is 58.6 Å². The fraction of sp³-hybridized carbons (Fsp3) is 0.200. The number of amides is 1. The van der Waals surface area contributed by atoms with Gasteiger partial charge in [0.2, 0.25) is 5.95 Å². The van der Waals surface area contributed by atoms with Crippen molar-refractivity contribution in [2.75, 3.05) is 5.32 Å². The van der Waals surface area contributed by atoms with E-state index in [4.69, 9.17) is 23.2 Å². The monoisotopic (exact) mass is 364 g/mol. The average molecular weight is 365 g/mol. The molecule has 1 N–H and O–H groups in total. The fourth-order valence-electron chi connectivity index (χ4n) is 2.11. The fourth-order valence-corrected chi connectivity index (χ4v) is 2.47. The molecule has 124 valence electrons. The number of carbonyl (C=O) groups is 1. The Hall–Kier alpha value is -2.38. The van der Waals surface area contributed by atoms with Crippen LogP contribution in [0.3, 0.4) is 0 Å². The van der Waals surface area contributed by atoms with E-state index in [0.29, 0.717) is 16.6 Å². The Morgan fingerprint density at radius 1 is 1.33 bits per heavy atom. The zero-order valence-electron chi connectivity index (χ0n) is 12.7. The van der Waals surface area contributed by atoms with Gasteiger partial charge >= 0.3 is 0 Å². The minimum Gasteiger partial charge on any atom is -0.291 e. The highest BCUT2D eigenvalue weighted by atomic mass is 35.5. The van der Waals surface area contributed by atoms with Gasteiger partial charge in [-0.1, -0.05) is 35.3 Å². The lowest BCUT2D eigenvalue weighted by atomic mass is 10.2. The Bertz CT molecular complexity index is 859. The van der Waals surface area contributed by atoms with Crippen LogP contribution in [0.1, 0.15) is 18.5 Å². The second kappa shape index (κ2) is 7.02. The predicted octanol–water partition coefficient (Wildman–Crippen LogP) is 3.03. The van der Waals surface area contributed by atoms with E-state index >= 15 is 0 Å². The Kier molecular flexibility index (Phi) is 4.82. The molecule has 0 aliphatic carbocycles. The van der Waals surface area contributed by atoms with Crippen LogP contribution in [0.25, 0.3) is 0 Å². The van der Waals surface area contributed by atoms with Crippen molar-refractivity contribution < 1.29 is 4.79 Å². The van der Waals surface area contributed by atoms with E-state index in [1.807, 2.05) is 18.2 Å². The summed E-state index contributed by atoms with van der Waals surface area (Å²) in [6.07, 6.45) is 4.60. The van der Waals surface area contributed by atoms with Crippen LogP contribution in [0.2, 0.25) is 10.0 Å². The van der Waals surface area contributed by atoms with Crippen molar-refractivity contribution in [1.82, 2.24) is 24.5 Å². The molecule has 3 rings (SSSR count). The first-order chi connectivity index (χ1) is 11.5. The molecule has 1 aromatic carbocycles. The second-order valence-corrected chi connectivity index (χ2v) is 6.07. The molecule has 0 radical (unpaired) electrons. The number of hydrogen-bond donors (Lipinski definition) is 1. The zero-order valence-corrected chi connectivity index (χ0v) is 14.2. The highest BCUT2D eigenvalue weighted by molar-refractivity contribution is 6.30. The van der Waals surface area contributed by atoms with Crippen LogP contribution < -0.4 is 5.32 Å². The minimum absolute atomic E-state index is 0.229. The molecule has 0 saturated heterocycles. The predicted molar refractivity (Wildman–Crippen MR) is 91.2 cm³/mol. The largest absolute Gasteiger partial charge is 0.291 e. The number of halogens is 2. The van der Waals surface area contributed by atoms with Gasteiger partial charge < -0.3 is 0 Å². The topological polar surface area (TPSA) is 77.6 Å². The Morgan fingerprint density at radius 3 is 2.88 bits per heavy atom. The van der Waals surface area contributed by atoms with Crippen molar-refractivity contribution in [2.45, 2.75) is 19.5 Å². The summed E-state index contributed by atoms with van der Waals surface area (Å²) in [7, 11) is 0. The molecular weight excluding hydrogens is 351 g/mol. The van der Waals surface area contributed by atoms with E-state index in [9.17, 15) is 4.79 Å². The Balaban J connectivity index is 1.64. The van der Waals surface area contributed by atoms with Crippen LogP contribution in [0.4, 0.5) is 5.95 Å². The van der Waals surface area contributed by atoms with Crippen molar-refractivity contribution in [3.8, 4) is 0 Å². The lowest BCUT2D eigenvalue weighted by Gasteiger charge is -2.10. The van der Waals surface area contributed by atoms with Gasteiger partial charge in [0.1, 0.15) is 12.4 Å². The molecule has 0 fully saturated rings. The molecule has 0 aliphatic rings. The first kappa shape index (κ1) is 16.5. The van der Waals surface area contributed by atoms with Crippen LogP contribution in [-0.4, -0.2) is 30.5 Å². The van der Waals surface area contributed by atoms with Gasteiger partial charge in [0.05, 0.1) is 17.8 Å². The molecular formula is C15H14Cl2N6O. The molecule has 24 heavy (non-hydrogen) atoms. The first-order valence-corrected chi connectivity index (χ1v) is 7.91. The third-order valence-electron chi connectivity index (χ3n) is 3.35. The maximum absolute atomic E-state index is 12.2. The van der Waals surface area contributed by atoms with Crippen LogP contribution in [0.15, 0.2) is 43.0 Å². The third kappa shape index (κ3) is 3.93.